The Morgan fingerprint density at radius 1 is 1.07 bits per heavy atom. The number of hydrogen-bond donors (Lipinski definition) is 1. The molecule has 3 rings (SSSR count). The van der Waals surface area contributed by atoms with Gasteiger partial charge in [-0.05, 0) is 70.2 Å². The van der Waals surface area contributed by atoms with Crippen molar-refractivity contribution in [3.63, 3.8) is 0 Å². The van der Waals surface area contributed by atoms with Crippen LogP contribution in [0.4, 0.5) is 5.69 Å². The SMILES string of the molecule is CC1(C)OB(c2cc(S(C)(=O)=O)ccc2NC2=CC=C=CC=C2)OC1(C)C. The first-order chi connectivity index (χ1) is 12.5. The minimum absolute atomic E-state index is 0.227. The van der Waals surface area contributed by atoms with Crippen LogP contribution in [0.1, 0.15) is 27.7 Å². The third-order valence-electron chi connectivity index (χ3n) is 5.06. The minimum Gasteiger partial charge on any atom is -0.399 e. The smallest absolute Gasteiger partial charge is 0.399 e. The summed E-state index contributed by atoms with van der Waals surface area (Å²) in [5.74, 6) is 0. The Morgan fingerprint density at radius 3 is 2.37 bits per heavy atom. The van der Waals surface area contributed by atoms with Crippen molar-refractivity contribution in [2.75, 3.05) is 11.6 Å². The molecule has 0 radical (unpaired) electrons. The molecule has 1 heterocycles. The molecule has 1 fully saturated rings. The van der Waals surface area contributed by atoms with Gasteiger partial charge in [0, 0.05) is 23.1 Å². The number of benzene rings is 1. The van der Waals surface area contributed by atoms with Gasteiger partial charge in [0.05, 0.1) is 16.1 Å². The molecule has 1 aromatic rings. The van der Waals surface area contributed by atoms with Crippen LogP contribution in [0.2, 0.25) is 0 Å². The van der Waals surface area contributed by atoms with Gasteiger partial charge >= 0.3 is 7.12 Å². The molecular weight excluding hydrogens is 361 g/mol. The highest BCUT2D eigenvalue weighted by Crippen LogP contribution is 2.37. The molecule has 1 aromatic carbocycles. The Morgan fingerprint density at radius 2 is 1.74 bits per heavy atom. The monoisotopic (exact) mass is 385 g/mol. The van der Waals surface area contributed by atoms with Crippen LogP contribution in [-0.4, -0.2) is 33.0 Å². The van der Waals surface area contributed by atoms with Gasteiger partial charge in [0.25, 0.3) is 0 Å². The maximum atomic E-state index is 12.1. The molecule has 1 aliphatic heterocycles. The van der Waals surface area contributed by atoms with Gasteiger partial charge in [-0.25, -0.2) is 8.42 Å². The molecule has 1 saturated heterocycles. The van der Waals surface area contributed by atoms with E-state index in [4.69, 9.17) is 9.31 Å². The fourth-order valence-corrected chi connectivity index (χ4v) is 3.40. The number of rotatable bonds is 4. The van der Waals surface area contributed by atoms with Gasteiger partial charge < -0.3 is 14.6 Å². The predicted molar refractivity (Wildman–Crippen MR) is 109 cm³/mol. The van der Waals surface area contributed by atoms with Gasteiger partial charge in [-0.3, -0.25) is 0 Å². The summed E-state index contributed by atoms with van der Waals surface area (Å²) in [7, 11) is -4.03. The summed E-state index contributed by atoms with van der Waals surface area (Å²) in [5, 5.41) is 3.33. The first-order valence-corrected chi connectivity index (χ1v) is 10.6. The average molecular weight is 385 g/mol. The van der Waals surface area contributed by atoms with Gasteiger partial charge in [0.1, 0.15) is 0 Å². The van der Waals surface area contributed by atoms with Crippen molar-refractivity contribution in [3.8, 4) is 0 Å². The molecule has 7 heteroatoms. The second-order valence-corrected chi connectivity index (χ2v) is 9.73. The van der Waals surface area contributed by atoms with Crippen LogP contribution in [0.3, 0.4) is 0 Å². The molecule has 0 amide bonds. The Hall–Kier alpha value is -2.05. The fraction of sp³-hybridized carbons (Fsp3) is 0.350. The number of sulfone groups is 1. The fourth-order valence-electron chi connectivity index (χ4n) is 2.75. The van der Waals surface area contributed by atoms with E-state index < -0.39 is 28.2 Å². The molecular formula is C20H24BNO4S. The van der Waals surface area contributed by atoms with E-state index in [1.165, 1.54) is 6.26 Å². The van der Waals surface area contributed by atoms with E-state index in [2.05, 4.69) is 11.0 Å². The van der Waals surface area contributed by atoms with E-state index in [1.54, 1.807) is 18.2 Å². The Bertz CT molecular complexity index is 967. The molecule has 0 unspecified atom stereocenters. The summed E-state index contributed by atoms with van der Waals surface area (Å²) >= 11 is 0. The molecule has 27 heavy (non-hydrogen) atoms. The second kappa shape index (κ2) is 6.84. The van der Waals surface area contributed by atoms with Crippen LogP contribution in [-0.2, 0) is 19.1 Å². The molecule has 1 N–H and O–H groups in total. The van der Waals surface area contributed by atoms with Gasteiger partial charge in [0.15, 0.2) is 9.84 Å². The second-order valence-electron chi connectivity index (χ2n) is 7.72. The van der Waals surface area contributed by atoms with Crippen molar-refractivity contribution in [1.29, 1.82) is 0 Å². The van der Waals surface area contributed by atoms with Crippen LogP contribution >= 0.6 is 0 Å². The van der Waals surface area contributed by atoms with Crippen molar-refractivity contribution in [2.45, 2.75) is 43.8 Å². The lowest BCUT2D eigenvalue weighted by Gasteiger charge is -2.32. The summed E-state index contributed by atoms with van der Waals surface area (Å²) in [6.45, 7) is 7.86. The van der Waals surface area contributed by atoms with Crippen molar-refractivity contribution in [1.82, 2.24) is 0 Å². The maximum absolute atomic E-state index is 12.1. The van der Waals surface area contributed by atoms with E-state index >= 15 is 0 Å². The highest BCUT2D eigenvalue weighted by Gasteiger charge is 2.52. The summed E-state index contributed by atoms with van der Waals surface area (Å²) in [5.41, 5.74) is 4.18. The van der Waals surface area contributed by atoms with Crippen LogP contribution in [0.5, 0.6) is 0 Å². The molecule has 2 aliphatic rings. The lowest BCUT2D eigenvalue weighted by atomic mass is 9.77. The summed E-state index contributed by atoms with van der Waals surface area (Å²) in [6, 6.07) is 4.95. The number of allylic oxidation sites excluding steroid dienone is 4. The average Bonchev–Trinajstić information content (AvgIpc) is 2.73. The summed E-state index contributed by atoms with van der Waals surface area (Å²) < 4.78 is 36.4. The van der Waals surface area contributed by atoms with E-state index in [9.17, 15) is 8.42 Å². The topological polar surface area (TPSA) is 64.6 Å². The molecule has 0 aromatic heterocycles. The number of nitrogens with one attached hydrogen (secondary N) is 1. The first-order valence-electron chi connectivity index (χ1n) is 8.76. The highest BCUT2D eigenvalue weighted by atomic mass is 32.2. The highest BCUT2D eigenvalue weighted by molar-refractivity contribution is 7.90. The molecule has 0 bridgehead atoms. The molecule has 0 atom stereocenters. The Labute approximate surface area is 161 Å². The zero-order valence-electron chi connectivity index (χ0n) is 16.2. The lowest BCUT2D eigenvalue weighted by Crippen LogP contribution is -2.41. The van der Waals surface area contributed by atoms with Crippen molar-refractivity contribution in [2.24, 2.45) is 0 Å². The van der Waals surface area contributed by atoms with Gasteiger partial charge in [-0.1, -0.05) is 6.08 Å². The zero-order chi connectivity index (χ0) is 19.9. The van der Waals surface area contributed by atoms with Crippen LogP contribution in [0, 0.1) is 0 Å². The van der Waals surface area contributed by atoms with Crippen LogP contribution in [0.15, 0.2) is 64.9 Å². The maximum Gasteiger partial charge on any atom is 0.497 e. The summed E-state index contributed by atoms with van der Waals surface area (Å²) in [6.07, 6.45) is 10.5. The molecule has 1 aliphatic carbocycles. The third kappa shape index (κ3) is 4.12. The standard InChI is InChI=1S/C20H24BNO4S/c1-19(2)20(3,4)26-21(25-19)17-14-16(27(5,23)24)12-13-18(17)22-15-10-8-6-7-9-11-15/h6,8-14,22H,1-5H3. The van der Waals surface area contributed by atoms with Crippen molar-refractivity contribution in [3.05, 3.63) is 60.0 Å². The zero-order valence-corrected chi connectivity index (χ0v) is 17.1. The van der Waals surface area contributed by atoms with E-state index in [1.807, 2.05) is 58.1 Å². The quantitative estimate of drug-likeness (QED) is 0.638. The molecule has 0 spiro atoms. The minimum atomic E-state index is -3.36. The predicted octanol–water partition coefficient (Wildman–Crippen LogP) is 2.97. The third-order valence-corrected chi connectivity index (χ3v) is 6.17. The van der Waals surface area contributed by atoms with Crippen molar-refractivity contribution >= 4 is 28.1 Å². The van der Waals surface area contributed by atoms with E-state index in [0.717, 1.165) is 11.4 Å². The van der Waals surface area contributed by atoms with Gasteiger partial charge in [-0.15, -0.1) is 5.73 Å². The Balaban J connectivity index is 2.04. The lowest BCUT2D eigenvalue weighted by molar-refractivity contribution is 0.00578. The largest absolute Gasteiger partial charge is 0.497 e. The Kier molecular flexibility index (Phi) is 4.99. The molecule has 142 valence electrons. The first kappa shape index (κ1) is 19.7. The van der Waals surface area contributed by atoms with Gasteiger partial charge in [0.2, 0.25) is 0 Å². The van der Waals surface area contributed by atoms with Crippen molar-refractivity contribution < 1.29 is 17.7 Å². The molecule has 0 saturated carbocycles. The van der Waals surface area contributed by atoms with Gasteiger partial charge in [-0.2, -0.15) is 0 Å². The molecule has 5 nitrogen and oxygen atoms in total. The summed E-state index contributed by atoms with van der Waals surface area (Å²) in [4.78, 5) is 0.227. The van der Waals surface area contributed by atoms with E-state index in [0.29, 0.717) is 5.46 Å². The number of hydrogen-bond acceptors (Lipinski definition) is 5. The normalized spacial score (nSPS) is 20.5. The van der Waals surface area contributed by atoms with Crippen LogP contribution < -0.4 is 10.8 Å². The number of anilines is 1. The van der Waals surface area contributed by atoms with Crippen LogP contribution in [0.25, 0.3) is 0 Å². The van der Waals surface area contributed by atoms with E-state index in [-0.39, 0.29) is 4.90 Å².